The Labute approximate surface area is 147 Å². The predicted octanol–water partition coefficient (Wildman–Crippen LogP) is 1.91. The molecular weight excluding hydrogens is 318 g/mol. The Morgan fingerprint density at radius 1 is 1.20 bits per heavy atom. The lowest BCUT2D eigenvalue weighted by Gasteiger charge is -2.11. The van der Waals surface area contributed by atoms with Crippen molar-refractivity contribution in [3.05, 3.63) is 52.7 Å². The maximum atomic E-state index is 11.9. The van der Waals surface area contributed by atoms with Crippen LogP contribution in [0.1, 0.15) is 40.2 Å². The number of carbonyl (C=O) groups is 1. The maximum Gasteiger partial charge on any atom is 0.251 e. The van der Waals surface area contributed by atoms with Gasteiger partial charge < -0.3 is 20.4 Å². The monoisotopic (exact) mass is 343 g/mol. The lowest BCUT2D eigenvalue weighted by atomic mass is 10.1. The Hall–Kier alpha value is -2.83. The minimum atomic E-state index is -0.0681. The Kier molecular flexibility index (Phi) is 6.56. The van der Waals surface area contributed by atoms with Gasteiger partial charge in [0.1, 0.15) is 5.76 Å². The van der Waals surface area contributed by atoms with Gasteiger partial charge in [-0.3, -0.25) is 9.79 Å². The number of hydrogen-bond donors (Lipinski definition) is 3. The molecule has 7 heteroatoms. The van der Waals surface area contributed by atoms with Crippen LogP contribution in [0.3, 0.4) is 0 Å². The summed E-state index contributed by atoms with van der Waals surface area (Å²) < 4.78 is 5.54. The Morgan fingerprint density at radius 2 is 1.96 bits per heavy atom. The fourth-order valence-electron chi connectivity index (χ4n) is 2.27. The van der Waals surface area contributed by atoms with Crippen LogP contribution in [0.4, 0.5) is 0 Å². The number of carbonyl (C=O) groups excluding carboxylic acids is 1. The van der Waals surface area contributed by atoms with Crippen molar-refractivity contribution in [3.8, 4) is 0 Å². The minimum Gasteiger partial charge on any atom is -0.444 e. The summed E-state index contributed by atoms with van der Waals surface area (Å²) in [7, 11) is 1.70. The van der Waals surface area contributed by atoms with E-state index in [0.29, 0.717) is 37.0 Å². The first-order valence-corrected chi connectivity index (χ1v) is 8.28. The molecule has 2 aromatic rings. The van der Waals surface area contributed by atoms with E-state index in [0.717, 1.165) is 17.0 Å². The first-order valence-electron chi connectivity index (χ1n) is 8.28. The van der Waals surface area contributed by atoms with E-state index in [1.54, 1.807) is 13.1 Å². The van der Waals surface area contributed by atoms with Gasteiger partial charge in [0.05, 0.1) is 12.2 Å². The van der Waals surface area contributed by atoms with Crippen molar-refractivity contribution >= 4 is 11.9 Å². The molecule has 1 amide bonds. The number of guanidine groups is 1. The number of oxazole rings is 1. The van der Waals surface area contributed by atoms with Crippen molar-refractivity contribution < 1.29 is 9.21 Å². The molecule has 0 aliphatic heterocycles. The number of aromatic nitrogens is 1. The molecule has 25 heavy (non-hydrogen) atoms. The minimum absolute atomic E-state index is 0.0681. The topological polar surface area (TPSA) is 91.5 Å². The van der Waals surface area contributed by atoms with Crippen LogP contribution in [-0.4, -0.2) is 30.4 Å². The summed E-state index contributed by atoms with van der Waals surface area (Å²) >= 11 is 0. The number of nitrogens with one attached hydrogen (secondary N) is 3. The van der Waals surface area contributed by atoms with Gasteiger partial charge in [-0.2, -0.15) is 0 Å². The van der Waals surface area contributed by atoms with Gasteiger partial charge in [0.25, 0.3) is 5.91 Å². The summed E-state index contributed by atoms with van der Waals surface area (Å²) in [5.74, 6) is 2.01. The molecule has 0 radical (unpaired) electrons. The third-order valence-electron chi connectivity index (χ3n) is 3.69. The molecule has 0 fully saturated rings. The standard InChI is InChI=1S/C18H25N5O2/c1-5-20-17(24)15-8-6-7-14(9-15)10-21-18(19-4)22-11-16-23-12(2)13(3)25-16/h6-9H,5,10-11H2,1-4H3,(H,20,24)(H2,19,21,22). The number of benzene rings is 1. The quantitative estimate of drug-likeness (QED) is 0.550. The molecule has 0 aliphatic rings. The molecule has 3 N–H and O–H groups in total. The smallest absolute Gasteiger partial charge is 0.251 e. The van der Waals surface area contributed by atoms with Crippen molar-refractivity contribution in [3.63, 3.8) is 0 Å². The van der Waals surface area contributed by atoms with Crippen LogP contribution in [0.15, 0.2) is 33.7 Å². The maximum absolute atomic E-state index is 11.9. The van der Waals surface area contributed by atoms with E-state index in [1.165, 1.54) is 0 Å². The molecular formula is C18H25N5O2. The first-order chi connectivity index (χ1) is 12.0. The van der Waals surface area contributed by atoms with Crippen molar-refractivity contribution in [1.29, 1.82) is 0 Å². The van der Waals surface area contributed by atoms with Crippen molar-refractivity contribution in [2.45, 2.75) is 33.9 Å². The van der Waals surface area contributed by atoms with Gasteiger partial charge in [-0.15, -0.1) is 0 Å². The molecule has 7 nitrogen and oxygen atoms in total. The average Bonchev–Trinajstić information content (AvgIpc) is 2.93. The van der Waals surface area contributed by atoms with E-state index in [-0.39, 0.29) is 5.91 Å². The second-order valence-electron chi connectivity index (χ2n) is 5.59. The second-order valence-corrected chi connectivity index (χ2v) is 5.59. The van der Waals surface area contributed by atoms with Gasteiger partial charge >= 0.3 is 0 Å². The van der Waals surface area contributed by atoms with Crippen LogP contribution in [0.25, 0.3) is 0 Å². The molecule has 1 heterocycles. The molecule has 0 atom stereocenters. The van der Waals surface area contributed by atoms with Gasteiger partial charge in [-0.25, -0.2) is 4.98 Å². The zero-order valence-electron chi connectivity index (χ0n) is 15.1. The van der Waals surface area contributed by atoms with Gasteiger partial charge in [0.2, 0.25) is 5.89 Å². The zero-order valence-corrected chi connectivity index (χ0v) is 15.1. The summed E-state index contributed by atoms with van der Waals surface area (Å²) in [4.78, 5) is 20.4. The van der Waals surface area contributed by atoms with E-state index in [4.69, 9.17) is 4.42 Å². The van der Waals surface area contributed by atoms with Gasteiger partial charge in [-0.05, 0) is 38.5 Å². The number of aryl methyl sites for hydroxylation is 2. The van der Waals surface area contributed by atoms with Crippen LogP contribution in [0.2, 0.25) is 0 Å². The van der Waals surface area contributed by atoms with Gasteiger partial charge in [-0.1, -0.05) is 12.1 Å². The van der Waals surface area contributed by atoms with Crippen molar-refractivity contribution in [2.24, 2.45) is 4.99 Å². The third kappa shape index (κ3) is 5.34. The molecule has 0 bridgehead atoms. The van der Waals surface area contributed by atoms with E-state index < -0.39 is 0 Å². The predicted molar refractivity (Wildman–Crippen MR) is 97.5 cm³/mol. The molecule has 0 spiro atoms. The molecule has 1 aromatic carbocycles. The Morgan fingerprint density at radius 3 is 2.60 bits per heavy atom. The van der Waals surface area contributed by atoms with Crippen LogP contribution in [-0.2, 0) is 13.1 Å². The number of hydrogen-bond acceptors (Lipinski definition) is 4. The average molecular weight is 343 g/mol. The van der Waals surface area contributed by atoms with Gasteiger partial charge in [0, 0.05) is 25.7 Å². The molecule has 0 saturated heterocycles. The number of rotatable bonds is 6. The molecule has 2 rings (SSSR count). The fraction of sp³-hybridized carbons (Fsp3) is 0.389. The zero-order chi connectivity index (χ0) is 18.2. The van der Waals surface area contributed by atoms with E-state index in [1.807, 2.05) is 39.0 Å². The van der Waals surface area contributed by atoms with Crippen LogP contribution < -0.4 is 16.0 Å². The third-order valence-corrected chi connectivity index (χ3v) is 3.69. The van der Waals surface area contributed by atoms with Crippen LogP contribution in [0.5, 0.6) is 0 Å². The molecule has 134 valence electrons. The highest BCUT2D eigenvalue weighted by Crippen LogP contribution is 2.08. The highest BCUT2D eigenvalue weighted by atomic mass is 16.4. The summed E-state index contributed by atoms with van der Waals surface area (Å²) in [5, 5.41) is 9.17. The van der Waals surface area contributed by atoms with E-state index >= 15 is 0 Å². The van der Waals surface area contributed by atoms with E-state index in [2.05, 4.69) is 25.9 Å². The highest BCUT2D eigenvalue weighted by molar-refractivity contribution is 5.94. The van der Waals surface area contributed by atoms with Crippen molar-refractivity contribution in [2.75, 3.05) is 13.6 Å². The van der Waals surface area contributed by atoms with E-state index in [9.17, 15) is 4.79 Å². The Bertz CT molecular complexity index is 732. The number of amides is 1. The van der Waals surface area contributed by atoms with Crippen molar-refractivity contribution in [1.82, 2.24) is 20.9 Å². The fourth-order valence-corrected chi connectivity index (χ4v) is 2.27. The number of nitrogens with zero attached hydrogens (tertiary/aromatic N) is 2. The Balaban J connectivity index is 1.90. The normalized spacial score (nSPS) is 11.3. The largest absolute Gasteiger partial charge is 0.444 e. The highest BCUT2D eigenvalue weighted by Gasteiger charge is 2.07. The first kappa shape index (κ1) is 18.5. The van der Waals surface area contributed by atoms with Crippen LogP contribution in [0, 0.1) is 13.8 Å². The van der Waals surface area contributed by atoms with Crippen LogP contribution >= 0.6 is 0 Å². The lowest BCUT2D eigenvalue weighted by molar-refractivity contribution is 0.0955. The summed E-state index contributed by atoms with van der Waals surface area (Å²) in [6, 6.07) is 7.50. The second kappa shape index (κ2) is 8.86. The summed E-state index contributed by atoms with van der Waals surface area (Å²) in [5.41, 5.74) is 2.53. The molecule has 0 unspecified atom stereocenters. The molecule has 0 aliphatic carbocycles. The molecule has 1 aromatic heterocycles. The molecule has 0 saturated carbocycles. The summed E-state index contributed by atoms with van der Waals surface area (Å²) in [6.07, 6.45) is 0. The van der Waals surface area contributed by atoms with Gasteiger partial charge in [0.15, 0.2) is 5.96 Å². The SMILES string of the molecule is CCNC(=O)c1cccc(CNC(=NC)NCc2nc(C)c(C)o2)c1. The summed E-state index contributed by atoms with van der Waals surface area (Å²) in [6.45, 7) is 7.31. The number of aliphatic imine (C=N–C) groups is 1. The lowest BCUT2D eigenvalue weighted by Crippen LogP contribution is -2.36.